The highest BCUT2D eigenvalue weighted by Gasteiger charge is 2.12. The van der Waals surface area contributed by atoms with E-state index in [1.54, 1.807) is 48.5 Å². The maximum Gasteiger partial charge on any atom is 0.248 e. The molecule has 0 aliphatic carbocycles. The van der Waals surface area contributed by atoms with Crippen molar-refractivity contribution in [2.24, 2.45) is 5.73 Å². The molecule has 1 heterocycles. The summed E-state index contributed by atoms with van der Waals surface area (Å²) in [7, 11) is 0. The molecule has 0 spiro atoms. The molecule has 0 bridgehead atoms. The van der Waals surface area contributed by atoms with Gasteiger partial charge in [-0.1, -0.05) is 11.8 Å². The molecule has 10 heteroatoms. The molecule has 9 nitrogen and oxygen atoms in total. The monoisotopic (exact) mass is 398 g/mol. The third kappa shape index (κ3) is 4.86. The quantitative estimate of drug-likeness (QED) is 0.555. The third-order valence-corrected chi connectivity index (χ3v) is 4.54. The molecule has 2 aromatic carbocycles. The fourth-order valence-corrected chi connectivity index (χ4v) is 3.02. The SMILES string of the molecule is CCOc1ccc(NC(=O)CSc2nnnn2-c2ccc(C(N)=O)cc2)cc1. The summed E-state index contributed by atoms with van der Waals surface area (Å²) in [6.45, 7) is 2.49. The number of amides is 2. The van der Waals surface area contributed by atoms with Crippen LogP contribution in [0, 0.1) is 0 Å². The van der Waals surface area contributed by atoms with E-state index in [1.165, 1.54) is 16.4 Å². The minimum absolute atomic E-state index is 0.132. The van der Waals surface area contributed by atoms with Crippen LogP contribution in [0.1, 0.15) is 17.3 Å². The molecule has 0 radical (unpaired) electrons. The molecule has 0 aliphatic heterocycles. The highest BCUT2D eigenvalue weighted by Crippen LogP contribution is 2.20. The van der Waals surface area contributed by atoms with E-state index < -0.39 is 5.91 Å². The van der Waals surface area contributed by atoms with Gasteiger partial charge in [0.25, 0.3) is 0 Å². The molecular weight excluding hydrogens is 380 g/mol. The van der Waals surface area contributed by atoms with E-state index >= 15 is 0 Å². The first-order valence-electron chi connectivity index (χ1n) is 8.41. The molecule has 28 heavy (non-hydrogen) atoms. The number of nitrogens with zero attached hydrogens (tertiary/aromatic N) is 4. The minimum atomic E-state index is -0.510. The van der Waals surface area contributed by atoms with Crippen LogP contribution in [0.25, 0.3) is 5.69 Å². The van der Waals surface area contributed by atoms with Gasteiger partial charge in [0.2, 0.25) is 17.0 Å². The lowest BCUT2D eigenvalue weighted by atomic mass is 10.2. The van der Waals surface area contributed by atoms with Gasteiger partial charge in [-0.25, -0.2) is 0 Å². The third-order valence-electron chi connectivity index (χ3n) is 3.62. The summed E-state index contributed by atoms with van der Waals surface area (Å²) in [4.78, 5) is 23.4. The zero-order valence-corrected chi connectivity index (χ0v) is 15.8. The number of hydrogen-bond acceptors (Lipinski definition) is 7. The van der Waals surface area contributed by atoms with E-state index in [1.807, 2.05) is 6.92 Å². The lowest BCUT2D eigenvalue weighted by molar-refractivity contribution is -0.113. The number of nitrogens with two attached hydrogens (primary N) is 1. The van der Waals surface area contributed by atoms with Gasteiger partial charge in [0.1, 0.15) is 5.75 Å². The fraction of sp³-hybridized carbons (Fsp3) is 0.167. The largest absolute Gasteiger partial charge is 0.494 e. The molecule has 2 amide bonds. The van der Waals surface area contributed by atoms with E-state index in [0.717, 1.165) is 5.75 Å². The van der Waals surface area contributed by atoms with Crippen LogP contribution in [-0.2, 0) is 4.79 Å². The molecule has 3 N–H and O–H groups in total. The van der Waals surface area contributed by atoms with Gasteiger partial charge in [-0.15, -0.1) is 5.10 Å². The van der Waals surface area contributed by atoms with Crippen LogP contribution >= 0.6 is 11.8 Å². The van der Waals surface area contributed by atoms with Gasteiger partial charge < -0.3 is 15.8 Å². The average Bonchev–Trinajstić information content (AvgIpc) is 3.17. The summed E-state index contributed by atoms with van der Waals surface area (Å²) >= 11 is 1.20. The number of anilines is 1. The van der Waals surface area contributed by atoms with Crippen molar-refractivity contribution < 1.29 is 14.3 Å². The maximum atomic E-state index is 12.2. The van der Waals surface area contributed by atoms with Crippen molar-refractivity contribution in [1.29, 1.82) is 0 Å². The predicted octanol–water partition coefficient (Wildman–Crippen LogP) is 1.89. The zero-order chi connectivity index (χ0) is 19.9. The second-order valence-corrected chi connectivity index (χ2v) is 6.52. The summed E-state index contributed by atoms with van der Waals surface area (Å²) in [6, 6.07) is 13.7. The van der Waals surface area contributed by atoms with E-state index in [-0.39, 0.29) is 11.7 Å². The van der Waals surface area contributed by atoms with Gasteiger partial charge in [0, 0.05) is 11.3 Å². The minimum Gasteiger partial charge on any atom is -0.494 e. The molecule has 0 saturated carbocycles. The molecular formula is C18H18N6O3S. The Kier molecular flexibility index (Phi) is 6.22. The standard InChI is InChI=1S/C18H18N6O3S/c1-2-27-15-9-5-13(6-10-15)20-16(25)11-28-18-21-22-23-24(18)14-7-3-12(4-8-14)17(19)26/h3-10H,2,11H2,1H3,(H2,19,26)(H,20,25). The van der Waals surface area contributed by atoms with E-state index in [4.69, 9.17) is 10.5 Å². The Hall–Kier alpha value is -3.40. The Morgan fingerprint density at radius 2 is 1.86 bits per heavy atom. The van der Waals surface area contributed by atoms with Crippen molar-refractivity contribution in [2.45, 2.75) is 12.1 Å². The Bertz CT molecular complexity index is 956. The molecule has 0 atom stereocenters. The summed E-state index contributed by atoms with van der Waals surface area (Å²) in [5.41, 5.74) is 6.96. The first-order chi connectivity index (χ1) is 13.6. The number of hydrogen-bond donors (Lipinski definition) is 2. The van der Waals surface area contributed by atoms with Gasteiger partial charge in [0.15, 0.2) is 0 Å². The topological polar surface area (TPSA) is 125 Å². The van der Waals surface area contributed by atoms with Gasteiger partial charge in [0.05, 0.1) is 18.0 Å². The molecule has 0 unspecified atom stereocenters. The molecule has 1 aromatic heterocycles. The number of aromatic nitrogens is 4. The number of ether oxygens (including phenoxy) is 1. The van der Waals surface area contributed by atoms with Gasteiger partial charge in [-0.2, -0.15) is 4.68 Å². The predicted molar refractivity (Wildman–Crippen MR) is 105 cm³/mol. The normalized spacial score (nSPS) is 10.5. The Labute approximate surface area is 165 Å². The Morgan fingerprint density at radius 1 is 1.14 bits per heavy atom. The van der Waals surface area contributed by atoms with Crippen molar-refractivity contribution in [3.8, 4) is 11.4 Å². The van der Waals surface area contributed by atoms with Gasteiger partial charge in [-0.3, -0.25) is 9.59 Å². The number of thioether (sulfide) groups is 1. The van der Waals surface area contributed by atoms with Crippen LogP contribution in [0.2, 0.25) is 0 Å². The van der Waals surface area contributed by atoms with E-state index in [2.05, 4.69) is 20.8 Å². The highest BCUT2D eigenvalue weighted by molar-refractivity contribution is 7.99. The van der Waals surface area contributed by atoms with Crippen molar-refractivity contribution in [2.75, 3.05) is 17.7 Å². The summed E-state index contributed by atoms with van der Waals surface area (Å²) in [6.07, 6.45) is 0. The molecule has 0 fully saturated rings. The Morgan fingerprint density at radius 3 is 2.50 bits per heavy atom. The van der Waals surface area contributed by atoms with Crippen LogP contribution in [0.5, 0.6) is 5.75 Å². The second kappa shape index (κ2) is 9.00. The number of tetrazole rings is 1. The highest BCUT2D eigenvalue weighted by atomic mass is 32.2. The first-order valence-corrected chi connectivity index (χ1v) is 9.39. The number of primary amides is 1. The lowest BCUT2D eigenvalue weighted by Gasteiger charge is -2.07. The molecule has 0 saturated heterocycles. The van der Waals surface area contributed by atoms with Crippen LogP contribution < -0.4 is 15.8 Å². The van der Waals surface area contributed by atoms with Crippen molar-refractivity contribution in [1.82, 2.24) is 20.2 Å². The molecule has 144 valence electrons. The van der Waals surface area contributed by atoms with E-state index in [9.17, 15) is 9.59 Å². The smallest absolute Gasteiger partial charge is 0.248 e. The number of rotatable bonds is 8. The summed E-state index contributed by atoms with van der Waals surface area (Å²) < 4.78 is 6.86. The van der Waals surface area contributed by atoms with Crippen LogP contribution in [0.15, 0.2) is 53.7 Å². The summed E-state index contributed by atoms with van der Waals surface area (Å²) in [5.74, 6) is 0.181. The maximum absolute atomic E-state index is 12.2. The van der Waals surface area contributed by atoms with Crippen LogP contribution in [0.3, 0.4) is 0 Å². The van der Waals surface area contributed by atoms with Crippen molar-refractivity contribution >= 4 is 29.3 Å². The average molecular weight is 398 g/mol. The van der Waals surface area contributed by atoms with Crippen molar-refractivity contribution in [3.63, 3.8) is 0 Å². The van der Waals surface area contributed by atoms with E-state index in [0.29, 0.717) is 28.7 Å². The van der Waals surface area contributed by atoms with Gasteiger partial charge in [-0.05, 0) is 65.9 Å². The first kappa shape index (κ1) is 19.4. The molecule has 3 aromatic rings. The molecule has 0 aliphatic rings. The number of carbonyl (C=O) groups excluding carboxylic acids is 2. The van der Waals surface area contributed by atoms with Gasteiger partial charge >= 0.3 is 0 Å². The fourth-order valence-electron chi connectivity index (χ4n) is 2.33. The van der Waals surface area contributed by atoms with Crippen LogP contribution in [-0.4, -0.2) is 44.4 Å². The lowest BCUT2D eigenvalue weighted by Crippen LogP contribution is -2.14. The molecule has 3 rings (SSSR count). The zero-order valence-electron chi connectivity index (χ0n) is 15.0. The number of benzene rings is 2. The number of nitrogens with one attached hydrogen (secondary N) is 1. The number of carbonyl (C=O) groups is 2. The van der Waals surface area contributed by atoms with Crippen molar-refractivity contribution in [3.05, 3.63) is 54.1 Å². The Balaban J connectivity index is 1.60. The second-order valence-electron chi connectivity index (χ2n) is 5.58. The van der Waals surface area contributed by atoms with Crippen LogP contribution in [0.4, 0.5) is 5.69 Å². The summed E-state index contributed by atoms with van der Waals surface area (Å²) in [5, 5.41) is 14.8.